The van der Waals surface area contributed by atoms with E-state index in [0.29, 0.717) is 45.6 Å². The second-order valence-electron chi connectivity index (χ2n) is 6.04. The zero-order chi connectivity index (χ0) is 19.5. The van der Waals surface area contributed by atoms with Crippen LogP contribution in [0.3, 0.4) is 0 Å². The van der Waals surface area contributed by atoms with Crippen LogP contribution >= 0.6 is 11.6 Å². The van der Waals surface area contributed by atoms with Crippen molar-refractivity contribution in [2.45, 2.75) is 6.92 Å². The zero-order valence-corrected chi connectivity index (χ0v) is 15.8. The Morgan fingerprint density at radius 3 is 2.82 bits per heavy atom. The first-order valence-corrected chi connectivity index (χ1v) is 9.18. The topological polar surface area (TPSA) is 67.9 Å². The van der Waals surface area contributed by atoms with E-state index in [1.165, 1.54) is 0 Å². The minimum atomic E-state index is 0.0663. The van der Waals surface area contributed by atoms with Gasteiger partial charge < -0.3 is 14.3 Å². The van der Waals surface area contributed by atoms with E-state index in [4.69, 9.17) is 20.8 Å². The van der Waals surface area contributed by atoms with Crippen molar-refractivity contribution < 1.29 is 14.3 Å². The number of phenols is 1. The van der Waals surface area contributed by atoms with Gasteiger partial charge in [-0.05, 0) is 49.4 Å². The monoisotopic (exact) mass is 392 g/mol. The van der Waals surface area contributed by atoms with Gasteiger partial charge in [0.05, 0.1) is 22.9 Å². The first-order chi connectivity index (χ1) is 13.7. The van der Waals surface area contributed by atoms with Gasteiger partial charge in [-0.3, -0.25) is 4.99 Å². The summed E-state index contributed by atoms with van der Waals surface area (Å²) in [6.07, 6.45) is 1.59. The molecule has 0 saturated carbocycles. The average molecular weight is 393 g/mol. The highest BCUT2D eigenvalue weighted by molar-refractivity contribution is 6.33. The fraction of sp³-hybridized carbons (Fsp3) is 0.0909. The van der Waals surface area contributed by atoms with Crippen molar-refractivity contribution in [1.82, 2.24) is 4.98 Å². The van der Waals surface area contributed by atoms with Crippen LogP contribution in [-0.4, -0.2) is 22.9 Å². The van der Waals surface area contributed by atoms with Crippen molar-refractivity contribution in [3.8, 4) is 23.0 Å². The zero-order valence-electron chi connectivity index (χ0n) is 15.1. The van der Waals surface area contributed by atoms with Crippen molar-refractivity contribution in [2.24, 2.45) is 4.99 Å². The van der Waals surface area contributed by atoms with Crippen molar-refractivity contribution in [3.05, 3.63) is 71.2 Å². The minimum Gasteiger partial charge on any atom is -0.504 e. The molecule has 0 atom stereocenters. The molecule has 0 aliphatic rings. The molecule has 1 heterocycles. The van der Waals surface area contributed by atoms with Gasteiger partial charge in [0.25, 0.3) is 0 Å². The normalized spacial score (nSPS) is 11.4. The highest BCUT2D eigenvalue weighted by atomic mass is 35.5. The molecular weight excluding hydrogens is 376 g/mol. The van der Waals surface area contributed by atoms with E-state index < -0.39 is 0 Å². The summed E-state index contributed by atoms with van der Waals surface area (Å²) in [5.74, 6) is 0.961. The number of para-hydroxylation sites is 1. The number of benzene rings is 3. The van der Waals surface area contributed by atoms with Crippen LogP contribution in [0.25, 0.3) is 22.6 Å². The summed E-state index contributed by atoms with van der Waals surface area (Å²) in [7, 11) is 0. The number of rotatable bonds is 5. The molecule has 3 aromatic carbocycles. The van der Waals surface area contributed by atoms with Crippen molar-refractivity contribution in [3.63, 3.8) is 0 Å². The predicted molar refractivity (Wildman–Crippen MR) is 111 cm³/mol. The Balaban J connectivity index is 1.65. The number of phenolic OH excluding ortho intramolecular Hbond substituents is 1. The van der Waals surface area contributed by atoms with Crippen LogP contribution in [0, 0.1) is 0 Å². The maximum absolute atomic E-state index is 10.3. The van der Waals surface area contributed by atoms with Crippen LogP contribution in [0.5, 0.6) is 11.5 Å². The number of aliphatic imine (C=N–C) groups is 1. The highest BCUT2D eigenvalue weighted by Crippen LogP contribution is 2.32. The van der Waals surface area contributed by atoms with Crippen LogP contribution in [-0.2, 0) is 0 Å². The Labute approximate surface area is 166 Å². The fourth-order valence-corrected chi connectivity index (χ4v) is 3.02. The Bertz CT molecular complexity index is 1170. The average Bonchev–Trinajstić information content (AvgIpc) is 3.12. The Morgan fingerprint density at radius 1 is 1.14 bits per heavy atom. The lowest BCUT2D eigenvalue weighted by atomic mass is 10.2. The second-order valence-corrected chi connectivity index (χ2v) is 6.44. The van der Waals surface area contributed by atoms with Crippen LogP contribution < -0.4 is 4.74 Å². The molecule has 4 aromatic rings. The van der Waals surface area contributed by atoms with Crippen LogP contribution in [0.15, 0.2) is 70.1 Å². The highest BCUT2D eigenvalue weighted by Gasteiger charge is 2.11. The van der Waals surface area contributed by atoms with Gasteiger partial charge in [0.1, 0.15) is 5.52 Å². The molecule has 28 heavy (non-hydrogen) atoms. The standard InChI is InChI=1S/C22H17ClN2O3/c1-2-27-20-9-5-6-14(21(20)26)13-24-15-10-11-19-18(12-15)25-22(28-19)16-7-3-4-8-17(16)23/h3-13,26H,2H2,1H3. The summed E-state index contributed by atoms with van der Waals surface area (Å²) in [4.78, 5) is 8.96. The van der Waals surface area contributed by atoms with Gasteiger partial charge in [0.2, 0.25) is 5.89 Å². The Kier molecular flexibility index (Phi) is 5.00. The molecule has 140 valence electrons. The molecule has 0 radical (unpaired) electrons. The molecule has 1 N–H and O–H groups in total. The van der Waals surface area contributed by atoms with E-state index in [-0.39, 0.29) is 5.75 Å². The molecular formula is C22H17ClN2O3. The SMILES string of the molecule is CCOc1cccc(C=Nc2ccc3oc(-c4ccccc4Cl)nc3c2)c1O. The van der Waals surface area contributed by atoms with Gasteiger partial charge in [-0.25, -0.2) is 4.98 Å². The van der Waals surface area contributed by atoms with Crippen molar-refractivity contribution in [2.75, 3.05) is 6.61 Å². The Morgan fingerprint density at radius 2 is 2.00 bits per heavy atom. The summed E-state index contributed by atoms with van der Waals surface area (Å²) in [6.45, 7) is 2.34. The maximum atomic E-state index is 10.3. The summed E-state index contributed by atoms with van der Waals surface area (Å²) in [5, 5.41) is 10.8. The van der Waals surface area contributed by atoms with Gasteiger partial charge in [0.15, 0.2) is 17.1 Å². The lowest BCUT2D eigenvalue weighted by Gasteiger charge is -2.07. The molecule has 6 heteroatoms. The smallest absolute Gasteiger partial charge is 0.228 e. The molecule has 0 fully saturated rings. The molecule has 4 rings (SSSR count). The summed E-state index contributed by atoms with van der Waals surface area (Å²) in [5.41, 5.74) is 3.32. The molecule has 0 amide bonds. The molecule has 0 unspecified atom stereocenters. The predicted octanol–water partition coefficient (Wildman–Crippen LogP) is 6.00. The lowest BCUT2D eigenvalue weighted by Crippen LogP contribution is -1.93. The van der Waals surface area contributed by atoms with Crippen LogP contribution in [0.4, 0.5) is 5.69 Å². The summed E-state index contributed by atoms with van der Waals surface area (Å²) in [6, 6.07) is 18.1. The molecule has 0 spiro atoms. The molecule has 0 saturated heterocycles. The number of aromatic hydroxyl groups is 1. The number of oxazole rings is 1. The van der Waals surface area contributed by atoms with Gasteiger partial charge in [0, 0.05) is 11.8 Å². The number of hydrogen-bond donors (Lipinski definition) is 1. The van der Waals surface area contributed by atoms with E-state index in [9.17, 15) is 5.11 Å². The van der Waals surface area contributed by atoms with E-state index in [2.05, 4.69) is 9.98 Å². The number of halogens is 1. The molecule has 0 aliphatic carbocycles. The van der Waals surface area contributed by atoms with Gasteiger partial charge in [-0.1, -0.05) is 29.8 Å². The van der Waals surface area contributed by atoms with Gasteiger partial charge in [-0.15, -0.1) is 0 Å². The molecule has 1 aromatic heterocycles. The number of nitrogens with zero attached hydrogens (tertiary/aromatic N) is 2. The first-order valence-electron chi connectivity index (χ1n) is 8.80. The van der Waals surface area contributed by atoms with Gasteiger partial charge in [-0.2, -0.15) is 0 Å². The molecule has 0 aliphatic heterocycles. The maximum Gasteiger partial charge on any atom is 0.228 e. The Hall–Kier alpha value is -3.31. The van der Waals surface area contributed by atoms with Crippen LogP contribution in [0.2, 0.25) is 5.02 Å². The van der Waals surface area contributed by atoms with E-state index in [0.717, 1.165) is 5.56 Å². The summed E-state index contributed by atoms with van der Waals surface area (Å²) >= 11 is 6.23. The van der Waals surface area contributed by atoms with E-state index in [1.54, 1.807) is 24.4 Å². The lowest BCUT2D eigenvalue weighted by molar-refractivity contribution is 0.318. The van der Waals surface area contributed by atoms with Crippen molar-refractivity contribution >= 4 is 34.6 Å². The first kappa shape index (κ1) is 18.1. The van der Waals surface area contributed by atoms with Gasteiger partial charge >= 0.3 is 0 Å². The third-order valence-corrected chi connectivity index (χ3v) is 4.49. The second kappa shape index (κ2) is 7.74. The number of aromatic nitrogens is 1. The molecule has 5 nitrogen and oxygen atoms in total. The third kappa shape index (κ3) is 3.57. The largest absolute Gasteiger partial charge is 0.504 e. The number of fused-ring (bicyclic) bond motifs is 1. The van der Waals surface area contributed by atoms with E-state index in [1.807, 2.05) is 49.4 Å². The fourth-order valence-electron chi connectivity index (χ4n) is 2.81. The van der Waals surface area contributed by atoms with Crippen LogP contribution in [0.1, 0.15) is 12.5 Å². The van der Waals surface area contributed by atoms with Crippen molar-refractivity contribution in [1.29, 1.82) is 0 Å². The number of ether oxygens (including phenoxy) is 1. The summed E-state index contributed by atoms with van der Waals surface area (Å²) < 4.78 is 11.2. The molecule has 0 bridgehead atoms. The third-order valence-electron chi connectivity index (χ3n) is 4.16. The minimum absolute atomic E-state index is 0.0663. The number of hydrogen-bond acceptors (Lipinski definition) is 5. The quantitative estimate of drug-likeness (QED) is 0.423. The van der Waals surface area contributed by atoms with E-state index >= 15 is 0 Å².